The second-order valence-corrected chi connectivity index (χ2v) is 10.9. The molecule has 1 aromatic carbocycles. The lowest BCUT2D eigenvalue weighted by atomic mass is 10.0. The van der Waals surface area contributed by atoms with Crippen molar-refractivity contribution >= 4 is 11.8 Å². The number of hydrogen-bond acceptors (Lipinski definition) is 2. The van der Waals surface area contributed by atoms with E-state index in [1.807, 2.05) is 12.1 Å². The van der Waals surface area contributed by atoms with Crippen LogP contribution >= 0.6 is 0 Å². The number of unbranched alkanes of at least 4 members (excludes halogenated alkanes) is 17. The third kappa shape index (κ3) is 11.2. The number of carbonyl (C=O) groups is 2. The first kappa shape index (κ1) is 28.6. The fourth-order valence-corrected chi connectivity index (χ4v) is 5.09. The van der Waals surface area contributed by atoms with Crippen LogP contribution in [0.3, 0.4) is 0 Å². The molecule has 192 valence electrons. The van der Waals surface area contributed by atoms with Gasteiger partial charge in [0.15, 0.2) is 0 Å². The van der Waals surface area contributed by atoms with Crippen LogP contribution in [0.2, 0.25) is 0 Å². The van der Waals surface area contributed by atoms with Crippen molar-refractivity contribution in [1.82, 2.24) is 4.90 Å². The molecule has 2 amide bonds. The molecule has 0 bridgehead atoms. The van der Waals surface area contributed by atoms with Gasteiger partial charge in [0.1, 0.15) is 0 Å². The Morgan fingerprint density at radius 2 is 0.853 bits per heavy atom. The normalized spacial score (nSPS) is 13.3. The van der Waals surface area contributed by atoms with Crippen LogP contribution in [-0.2, 0) is 0 Å². The van der Waals surface area contributed by atoms with Crippen LogP contribution in [0.1, 0.15) is 157 Å². The Labute approximate surface area is 210 Å². The zero-order chi connectivity index (χ0) is 24.4. The summed E-state index contributed by atoms with van der Waals surface area (Å²) in [4.78, 5) is 26.1. The summed E-state index contributed by atoms with van der Waals surface area (Å²) in [7, 11) is 0. The maximum absolute atomic E-state index is 12.4. The van der Waals surface area contributed by atoms with E-state index in [2.05, 4.69) is 13.8 Å². The minimum Gasteiger partial charge on any atom is -0.274 e. The van der Waals surface area contributed by atoms with Gasteiger partial charge in [-0.1, -0.05) is 142 Å². The highest BCUT2D eigenvalue weighted by atomic mass is 16.2. The van der Waals surface area contributed by atoms with Gasteiger partial charge >= 0.3 is 0 Å². The van der Waals surface area contributed by atoms with Crippen LogP contribution in [0, 0.1) is 5.92 Å². The van der Waals surface area contributed by atoms with Gasteiger partial charge in [-0.15, -0.1) is 0 Å². The molecule has 0 spiro atoms. The largest absolute Gasteiger partial charge is 0.274 e. The zero-order valence-electron chi connectivity index (χ0n) is 22.3. The van der Waals surface area contributed by atoms with Crippen LogP contribution < -0.4 is 0 Å². The third-order valence-electron chi connectivity index (χ3n) is 7.29. The van der Waals surface area contributed by atoms with E-state index < -0.39 is 0 Å². The topological polar surface area (TPSA) is 37.4 Å². The van der Waals surface area contributed by atoms with Crippen molar-refractivity contribution in [2.24, 2.45) is 5.92 Å². The molecule has 2 rings (SSSR count). The molecule has 1 aliphatic rings. The number of fused-ring (bicyclic) bond motifs is 1. The predicted molar refractivity (Wildman–Crippen MR) is 144 cm³/mol. The summed E-state index contributed by atoms with van der Waals surface area (Å²) in [6.45, 7) is 5.22. The van der Waals surface area contributed by atoms with E-state index in [-0.39, 0.29) is 11.8 Å². The average Bonchev–Trinajstić information content (AvgIpc) is 3.07. The summed E-state index contributed by atoms with van der Waals surface area (Å²) in [5, 5.41) is 0. The number of carbonyl (C=O) groups excluding carboxylic acids is 2. The van der Waals surface area contributed by atoms with Crippen molar-refractivity contribution < 1.29 is 9.59 Å². The summed E-state index contributed by atoms with van der Waals surface area (Å²) >= 11 is 0. The van der Waals surface area contributed by atoms with Gasteiger partial charge in [0, 0.05) is 6.54 Å². The average molecular weight is 470 g/mol. The van der Waals surface area contributed by atoms with Crippen LogP contribution in [0.4, 0.5) is 0 Å². The third-order valence-corrected chi connectivity index (χ3v) is 7.29. The van der Waals surface area contributed by atoms with Crippen LogP contribution in [0.15, 0.2) is 24.3 Å². The Balaban J connectivity index is 1.29. The van der Waals surface area contributed by atoms with Crippen molar-refractivity contribution in [3.63, 3.8) is 0 Å². The Kier molecular flexibility index (Phi) is 14.9. The maximum atomic E-state index is 12.4. The molecule has 0 atom stereocenters. The molecule has 0 radical (unpaired) electrons. The van der Waals surface area contributed by atoms with Crippen molar-refractivity contribution in [3.8, 4) is 0 Å². The van der Waals surface area contributed by atoms with E-state index in [0.717, 1.165) is 18.8 Å². The van der Waals surface area contributed by atoms with Crippen molar-refractivity contribution in [2.45, 2.75) is 136 Å². The molecule has 3 heteroatoms. The minimum atomic E-state index is -0.117. The lowest BCUT2D eigenvalue weighted by Gasteiger charge is -2.13. The van der Waals surface area contributed by atoms with E-state index in [9.17, 15) is 9.59 Å². The van der Waals surface area contributed by atoms with Crippen LogP contribution in [0.25, 0.3) is 0 Å². The molecule has 34 heavy (non-hydrogen) atoms. The highest BCUT2D eigenvalue weighted by molar-refractivity contribution is 6.21. The van der Waals surface area contributed by atoms with Gasteiger partial charge in [0.05, 0.1) is 11.1 Å². The molecule has 0 N–H and O–H groups in total. The summed E-state index contributed by atoms with van der Waals surface area (Å²) < 4.78 is 0. The van der Waals surface area contributed by atoms with Gasteiger partial charge in [-0.2, -0.15) is 0 Å². The second kappa shape index (κ2) is 17.7. The molecular weight excluding hydrogens is 418 g/mol. The number of amides is 2. The Hall–Kier alpha value is -1.64. The number of rotatable bonds is 21. The number of hydrogen-bond donors (Lipinski definition) is 0. The van der Waals surface area contributed by atoms with Crippen LogP contribution in [0.5, 0.6) is 0 Å². The maximum Gasteiger partial charge on any atom is 0.261 e. The fraction of sp³-hybridized carbons (Fsp3) is 0.742. The van der Waals surface area contributed by atoms with Gasteiger partial charge in [0.2, 0.25) is 0 Å². The summed E-state index contributed by atoms with van der Waals surface area (Å²) in [5.74, 6) is 0.638. The SMILES string of the molecule is CC(C)CCCCCCCCCCCCCCCCCCCCN1C(=O)c2ccccc2C1=O. The standard InChI is InChI=1S/C31H51NO2/c1-27(2)23-19-17-15-13-11-9-7-5-3-4-6-8-10-12-14-16-18-22-26-32-30(33)28-24-20-21-25-29(28)31(32)34/h20-21,24-25,27H,3-19,22-23,26H2,1-2H3. The Bertz CT molecular complexity index is 661. The molecule has 0 unspecified atom stereocenters. The van der Waals surface area contributed by atoms with Gasteiger partial charge in [-0.05, 0) is 24.5 Å². The van der Waals surface area contributed by atoms with E-state index in [1.165, 1.54) is 114 Å². The first-order valence-electron chi connectivity index (χ1n) is 14.6. The van der Waals surface area contributed by atoms with Crippen LogP contribution in [-0.4, -0.2) is 23.3 Å². The molecule has 1 aliphatic heterocycles. The molecular formula is C31H51NO2. The van der Waals surface area contributed by atoms with E-state index in [0.29, 0.717) is 17.7 Å². The Morgan fingerprint density at radius 1 is 0.529 bits per heavy atom. The van der Waals surface area contributed by atoms with Gasteiger partial charge in [0.25, 0.3) is 11.8 Å². The zero-order valence-corrected chi connectivity index (χ0v) is 22.3. The monoisotopic (exact) mass is 469 g/mol. The van der Waals surface area contributed by atoms with Gasteiger partial charge < -0.3 is 0 Å². The van der Waals surface area contributed by atoms with E-state index in [1.54, 1.807) is 12.1 Å². The highest BCUT2D eigenvalue weighted by Crippen LogP contribution is 2.23. The molecule has 0 saturated heterocycles. The quantitative estimate of drug-likeness (QED) is 0.133. The minimum absolute atomic E-state index is 0.117. The lowest BCUT2D eigenvalue weighted by Crippen LogP contribution is -2.30. The van der Waals surface area contributed by atoms with E-state index >= 15 is 0 Å². The summed E-state index contributed by atoms with van der Waals surface area (Å²) in [6.07, 6.45) is 25.7. The fourth-order valence-electron chi connectivity index (χ4n) is 5.09. The van der Waals surface area contributed by atoms with E-state index in [4.69, 9.17) is 0 Å². The molecule has 3 nitrogen and oxygen atoms in total. The smallest absolute Gasteiger partial charge is 0.261 e. The first-order chi connectivity index (χ1) is 16.6. The summed E-state index contributed by atoms with van der Waals surface area (Å²) in [6, 6.07) is 7.16. The second-order valence-electron chi connectivity index (χ2n) is 10.9. The molecule has 0 saturated carbocycles. The molecule has 1 aromatic rings. The summed E-state index contributed by atoms with van der Waals surface area (Å²) in [5.41, 5.74) is 1.13. The van der Waals surface area contributed by atoms with Crippen molar-refractivity contribution in [2.75, 3.05) is 6.54 Å². The molecule has 0 aliphatic carbocycles. The Morgan fingerprint density at radius 3 is 1.21 bits per heavy atom. The number of nitrogens with zero attached hydrogens (tertiary/aromatic N) is 1. The van der Waals surface area contributed by atoms with Gasteiger partial charge in [-0.25, -0.2) is 0 Å². The van der Waals surface area contributed by atoms with Crippen molar-refractivity contribution in [3.05, 3.63) is 35.4 Å². The van der Waals surface area contributed by atoms with Gasteiger partial charge in [-0.3, -0.25) is 14.5 Å². The highest BCUT2D eigenvalue weighted by Gasteiger charge is 2.34. The van der Waals surface area contributed by atoms with Crippen molar-refractivity contribution in [1.29, 1.82) is 0 Å². The molecule has 0 fully saturated rings. The lowest BCUT2D eigenvalue weighted by molar-refractivity contribution is 0.0651. The number of imide groups is 1. The molecule has 1 heterocycles. The molecule has 0 aromatic heterocycles. The predicted octanol–water partition coefficient (Wildman–Crippen LogP) is 9.35. The number of benzene rings is 1. The first-order valence-corrected chi connectivity index (χ1v) is 14.6.